The number of methoxy groups -OCH3 is 1. The zero-order chi connectivity index (χ0) is 10.6. The molecule has 74 valence electrons. The standard InChI is InChI=1S/C10H10O4/c1-14-9-3-2-7(6-11)8(4-9)5-10(12)13/h2-4,6H,5H2,1H3,(H,12,13). The fourth-order valence-electron chi connectivity index (χ4n) is 1.14. The van der Waals surface area contributed by atoms with E-state index in [0.29, 0.717) is 23.2 Å². The van der Waals surface area contributed by atoms with Gasteiger partial charge in [0, 0.05) is 5.56 Å². The Balaban J connectivity index is 3.07. The topological polar surface area (TPSA) is 63.6 Å². The van der Waals surface area contributed by atoms with Crippen LogP contribution >= 0.6 is 0 Å². The molecular weight excluding hydrogens is 184 g/mol. The second-order valence-corrected chi connectivity index (χ2v) is 2.75. The third-order valence-corrected chi connectivity index (χ3v) is 1.82. The molecular formula is C10H10O4. The van der Waals surface area contributed by atoms with E-state index in [9.17, 15) is 9.59 Å². The van der Waals surface area contributed by atoms with E-state index in [2.05, 4.69) is 0 Å². The van der Waals surface area contributed by atoms with Gasteiger partial charge in [0.05, 0.1) is 13.5 Å². The highest BCUT2D eigenvalue weighted by Gasteiger charge is 2.07. The SMILES string of the molecule is COc1ccc(C=O)c(CC(=O)O)c1. The molecule has 0 heterocycles. The molecule has 0 aliphatic rings. The molecule has 1 aromatic carbocycles. The molecule has 0 aliphatic carbocycles. The normalized spacial score (nSPS) is 9.50. The molecule has 0 fully saturated rings. The molecule has 0 aliphatic heterocycles. The van der Waals surface area contributed by atoms with E-state index in [-0.39, 0.29) is 6.42 Å². The van der Waals surface area contributed by atoms with Crippen molar-refractivity contribution >= 4 is 12.3 Å². The van der Waals surface area contributed by atoms with Crippen LogP contribution in [0.4, 0.5) is 0 Å². The van der Waals surface area contributed by atoms with Crippen LogP contribution in [0.2, 0.25) is 0 Å². The molecule has 0 spiro atoms. The van der Waals surface area contributed by atoms with E-state index in [1.807, 2.05) is 0 Å². The van der Waals surface area contributed by atoms with E-state index < -0.39 is 5.97 Å². The predicted octanol–water partition coefficient (Wildman–Crippen LogP) is 1.13. The molecule has 0 radical (unpaired) electrons. The summed E-state index contributed by atoms with van der Waals surface area (Å²) >= 11 is 0. The number of rotatable bonds is 4. The molecule has 14 heavy (non-hydrogen) atoms. The molecule has 0 saturated carbocycles. The van der Waals surface area contributed by atoms with Gasteiger partial charge in [0.2, 0.25) is 0 Å². The summed E-state index contributed by atoms with van der Waals surface area (Å²) in [6.07, 6.45) is 0.461. The molecule has 0 unspecified atom stereocenters. The zero-order valence-electron chi connectivity index (χ0n) is 7.69. The smallest absolute Gasteiger partial charge is 0.307 e. The number of aliphatic carboxylic acids is 1. The Hall–Kier alpha value is -1.84. The third kappa shape index (κ3) is 2.32. The van der Waals surface area contributed by atoms with Gasteiger partial charge in [0.15, 0.2) is 0 Å². The van der Waals surface area contributed by atoms with Crippen molar-refractivity contribution in [3.8, 4) is 5.75 Å². The van der Waals surface area contributed by atoms with E-state index in [0.717, 1.165) is 0 Å². The summed E-state index contributed by atoms with van der Waals surface area (Å²) in [6.45, 7) is 0. The number of carbonyl (C=O) groups excluding carboxylic acids is 1. The molecule has 0 saturated heterocycles. The van der Waals surface area contributed by atoms with E-state index in [4.69, 9.17) is 9.84 Å². The third-order valence-electron chi connectivity index (χ3n) is 1.82. The van der Waals surface area contributed by atoms with Gasteiger partial charge in [-0.25, -0.2) is 0 Å². The van der Waals surface area contributed by atoms with Crippen molar-refractivity contribution < 1.29 is 19.4 Å². The number of ether oxygens (including phenoxy) is 1. The van der Waals surface area contributed by atoms with E-state index in [1.165, 1.54) is 7.11 Å². The summed E-state index contributed by atoms with van der Waals surface area (Å²) in [5, 5.41) is 8.59. The number of aldehydes is 1. The minimum Gasteiger partial charge on any atom is -0.497 e. The van der Waals surface area contributed by atoms with Crippen LogP contribution in [0.25, 0.3) is 0 Å². The van der Waals surface area contributed by atoms with Gasteiger partial charge in [-0.15, -0.1) is 0 Å². The average molecular weight is 194 g/mol. The first kappa shape index (κ1) is 10.2. The Labute approximate surface area is 81.1 Å². The molecule has 0 amide bonds. The second-order valence-electron chi connectivity index (χ2n) is 2.75. The Kier molecular flexibility index (Phi) is 3.23. The summed E-state index contributed by atoms with van der Waals surface area (Å²) in [4.78, 5) is 21.1. The Morgan fingerprint density at radius 2 is 2.29 bits per heavy atom. The lowest BCUT2D eigenvalue weighted by Crippen LogP contribution is -2.03. The fourth-order valence-corrected chi connectivity index (χ4v) is 1.14. The van der Waals surface area contributed by atoms with Crippen molar-refractivity contribution in [3.63, 3.8) is 0 Å². The van der Waals surface area contributed by atoms with Crippen LogP contribution < -0.4 is 4.74 Å². The molecule has 0 atom stereocenters. The van der Waals surface area contributed by atoms with Crippen LogP contribution in [0, 0.1) is 0 Å². The van der Waals surface area contributed by atoms with E-state index >= 15 is 0 Å². The summed E-state index contributed by atoms with van der Waals surface area (Å²) in [6, 6.07) is 4.72. The Morgan fingerprint density at radius 1 is 1.57 bits per heavy atom. The second kappa shape index (κ2) is 4.41. The maximum atomic E-state index is 10.6. The molecule has 1 rings (SSSR count). The van der Waals surface area contributed by atoms with Crippen LogP contribution in [0.1, 0.15) is 15.9 Å². The van der Waals surface area contributed by atoms with Gasteiger partial charge < -0.3 is 9.84 Å². The Bertz CT molecular complexity index is 357. The highest BCUT2D eigenvalue weighted by Crippen LogP contribution is 2.16. The first-order valence-corrected chi connectivity index (χ1v) is 4.01. The van der Waals surface area contributed by atoms with Gasteiger partial charge in [-0.3, -0.25) is 9.59 Å². The zero-order valence-corrected chi connectivity index (χ0v) is 7.69. The van der Waals surface area contributed by atoms with Crippen molar-refractivity contribution in [2.75, 3.05) is 7.11 Å². The predicted molar refractivity (Wildman–Crippen MR) is 49.7 cm³/mol. The van der Waals surface area contributed by atoms with Crippen molar-refractivity contribution in [1.82, 2.24) is 0 Å². The van der Waals surface area contributed by atoms with Gasteiger partial charge >= 0.3 is 5.97 Å². The summed E-state index contributed by atoms with van der Waals surface area (Å²) in [5.74, 6) is -0.423. The number of carboxylic acid groups (broad SMARTS) is 1. The van der Waals surface area contributed by atoms with Crippen molar-refractivity contribution in [1.29, 1.82) is 0 Å². The highest BCUT2D eigenvalue weighted by molar-refractivity contribution is 5.81. The summed E-state index contributed by atoms with van der Waals surface area (Å²) in [5.41, 5.74) is 0.847. The maximum Gasteiger partial charge on any atom is 0.307 e. The first-order valence-electron chi connectivity index (χ1n) is 4.01. The van der Waals surface area contributed by atoms with E-state index in [1.54, 1.807) is 18.2 Å². The van der Waals surface area contributed by atoms with Crippen LogP contribution in [0.15, 0.2) is 18.2 Å². The van der Waals surface area contributed by atoms with Gasteiger partial charge in [0.1, 0.15) is 12.0 Å². The van der Waals surface area contributed by atoms with Gasteiger partial charge in [-0.05, 0) is 23.8 Å². The Morgan fingerprint density at radius 3 is 2.79 bits per heavy atom. The van der Waals surface area contributed by atoms with Crippen LogP contribution in [-0.2, 0) is 11.2 Å². The summed E-state index contributed by atoms with van der Waals surface area (Å²) in [7, 11) is 1.49. The number of carboxylic acids is 1. The largest absolute Gasteiger partial charge is 0.497 e. The fraction of sp³-hybridized carbons (Fsp3) is 0.200. The molecule has 1 aromatic rings. The van der Waals surface area contributed by atoms with Crippen LogP contribution in [-0.4, -0.2) is 24.5 Å². The number of hydrogen-bond donors (Lipinski definition) is 1. The molecule has 4 nitrogen and oxygen atoms in total. The average Bonchev–Trinajstić information content (AvgIpc) is 2.16. The molecule has 0 bridgehead atoms. The summed E-state index contributed by atoms with van der Waals surface area (Å²) < 4.78 is 4.93. The van der Waals surface area contributed by atoms with Gasteiger partial charge in [0.25, 0.3) is 0 Å². The minimum atomic E-state index is -0.971. The quantitative estimate of drug-likeness (QED) is 0.730. The van der Waals surface area contributed by atoms with Gasteiger partial charge in [-0.2, -0.15) is 0 Å². The van der Waals surface area contributed by atoms with Crippen molar-refractivity contribution in [2.24, 2.45) is 0 Å². The maximum absolute atomic E-state index is 10.6. The molecule has 4 heteroatoms. The van der Waals surface area contributed by atoms with Crippen LogP contribution in [0.3, 0.4) is 0 Å². The monoisotopic (exact) mass is 194 g/mol. The number of carbonyl (C=O) groups is 2. The minimum absolute atomic E-state index is 0.175. The lowest BCUT2D eigenvalue weighted by molar-refractivity contribution is -0.136. The number of hydrogen-bond acceptors (Lipinski definition) is 3. The van der Waals surface area contributed by atoms with Crippen LogP contribution in [0.5, 0.6) is 5.75 Å². The molecule has 1 N–H and O–H groups in total. The number of benzene rings is 1. The lowest BCUT2D eigenvalue weighted by atomic mass is 10.1. The van der Waals surface area contributed by atoms with Crippen molar-refractivity contribution in [2.45, 2.75) is 6.42 Å². The highest BCUT2D eigenvalue weighted by atomic mass is 16.5. The lowest BCUT2D eigenvalue weighted by Gasteiger charge is -2.04. The van der Waals surface area contributed by atoms with Gasteiger partial charge in [-0.1, -0.05) is 0 Å². The van der Waals surface area contributed by atoms with Crippen molar-refractivity contribution in [3.05, 3.63) is 29.3 Å². The molecule has 0 aromatic heterocycles. The first-order chi connectivity index (χ1) is 6.67.